The van der Waals surface area contributed by atoms with Crippen LogP contribution < -0.4 is 0 Å². The van der Waals surface area contributed by atoms with Gasteiger partial charge in [-0.25, -0.2) is 0 Å². The Hall–Kier alpha value is -0.900. The smallest absolute Gasteiger partial charge is 0.116 e. The highest BCUT2D eigenvalue weighted by Gasteiger charge is 2.03. The lowest BCUT2D eigenvalue weighted by molar-refractivity contribution is 0.213. The summed E-state index contributed by atoms with van der Waals surface area (Å²) in [5, 5.41) is 4.51. The summed E-state index contributed by atoms with van der Waals surface area (Å²) in [7, 11) is 1.53. The van der Waals surface area contributed by atoms with Gasteiger partial charge in [-0.3, -0.25) is 4.98 Å². The van der Waals surface area contributed by atoms with Crippen LogP contribution in [-0.4, -0.2) is 23.1 Å². The lowest BCUT2D eigenvalue weighted by Gasteiger charge is -2.02. The van der Waals surface area contributed by atoms with Gasteiger partial charge in [0, 0.05) is 6.20 Å². The van der Waals surface area contributed by atoms with E-state index in [1.807, 2.05) is 12.3 Å². The molecule has 0 aliphatic heterocycles. The molecule has 1 rings (SSSR count). The maximum Gasteiger partial charge on any atom is 0.116 e. The van der Waals surface area contributed by atoms with Gasteiger partial charge >= 0.3 is 0 Å². The first kappa shape index (κ1) is 11.2. The minimum absolute atomic E-state index is 0.638. The van der Waals surface area contributed by atoms with Crippen molar-refractivity contribution in [3.8, 4) is 0 Å². The molecule has 0 unspecified atom stereocenters. The maximum atomic E-state index is 4.72. The summed E-state index contributed by atoms with van der Waals surface area (Å²) in [5.74, 6) is 0. The third-order valence-electron chi connectivity index (χ3n) is 1.86. The molecule has 0 atom stereocenters. The molecule has 0 spiro atoms. The summed E-state index contributed by atoms with van der Waals surface area (Å²) < 4.78 is 0. The van der Waals surface area contributed by atoms with Crippen LogP contribution in [0.4, 0.5) is 0 Å². The second-order valence-electron chi connectivity index (χ2n) is 2.76. The van der Waals surface area contributed by atoms with Crippen LogP contribution in [0.3, 0.4) is 0 Å². The molecule has 76 valence electrons. The van der Waals surface area contributed by atoms with Gasteiger partial charge in [-0.05, 0) is 18.1 Å². The zero-order chi connectivity index (χ0) is 10.4. The second-order valence-corrected chi connectivity index (χ2v) is 3.32. The summed E-state index contributed by atoms with van der Waals surface area (Å²) in [6, 6.07) is 4.01. The molecule has 4 heteroatoms. The van der Waals surface area contributed by atoms with Gasteiger partial charge in [0.1, 0.15) is 12.8 Å². The molecule has 0 aromatic carbocycles. The van der Waals surface area contributed by atoms with E-state index in [-0.39, 0.29) is 0 Å². The summed E-state index contributed by atoms with van der Waals surface area (Å²) in [6.07, 6.45) is 2.86. The molecule has 1 heterocycles. The van der Waals surface area contributed by atoms with Crippen molar-refractivity contribution in [1.29, 1.82) is 0 Å². The number of hydrogen-bond acceptors (Lipinski definition) is 3. The van der Waals surface area contributed by atoms with Crippen molar-refractivity contribution in [2.45, 2.75) is 13.3 Å². The monoisotopic (exact) mass is 256 g/mol. The highest BCUT2D eigenvalue weighted by Crippen LogP contribution is 2.04. The molecule has 1 aromatic heterocycles. The van der Waals surface area contributed by atoms with Gasteiger partial charge in [-0.2, -0.15) is 0 Å². The molecule has 0 N–H and O–H groups in total. The first-order chi connectivity index (χ1) is 6.81. The zero-order valence-electron chi connectivity index (χ0n) is 8.33. The number of nitrogens with zero attached hydrogens (tertiary/aromatic N) is 2. The SMILES string of the molecule is CCc1ccc(/C(CBr)=N\OC)nc1. The quantitative estimate of drug-likeness (QED) is 0.471. The van der Waals surface area contributed by atoms with E-state index in [9.17, 15) is 0 Å². The van der Waals surface area contributed by atoms with Gasteiger partial charge in [-0.15, -0.1) is 0 Å². The molecule has 3 nitrogen and oxygen atoms in total. The third-order valence-corrected chi connectivity index (χ3v) is 2.39. The lowest BCUT2D eigenvalue weighted by atomic mass is 10.2. The maximum absolute atomic E-state index is 4.72. The third kappa shape index (κ3) is 2.80. The van der Waals surface area contributed by atoms with E-state index < -0.39 is 0 Å². The first-order valence-electron chi connectivity index (χ1n) is 4.43. The van der Waals surface area contributed by atoms with E-state index in [0.717, 1.165) is 17.8 Å². The van der Waals surface area contributed by atoms with Crippen LogP contribution in [0.25, 0.3) is 0 Å². The Morgan fingerprint density at radius 1 is 1.57 bits per heavy atom. The van der Waals surface area contributed by atoms with Crippen LogP contribution in [0.2, 0.25) is 0 Å². The molecule has 14 heavy (non-hydrogen) atoms. The lowest BCUT2D eigenvalue weighted by Crippen LogP contribution is -2.05. The molecular weight excluding hydrogens is 244 g/mol. The van der Waals surface area contributed by atoms with Gasteiger partial charge in [0.05, 0.1) is 11.0 Å². The van der Waals surface area contributed by atoms with Gasteiger partial charge < -0.3 is 4.84 Å². The minimum atomic E-state index is 0.638. The summed E-state index contributed by atoms with van der Waals surface area (Å²) in [5.41, 5.74) is 2.87. The van der Waals surface area contributed by atoms with Crippen LogP contribution in [0.5, 0.6) is 0 Å². The van der Waals surface area contributed by atoms with Gasteiger partial charge in [-0.1, -0.05) is 34.1 Å². The first-order valence-corrected chi connectivity index (χ1v) is 5.55. The number of halogens is 1. The summed E-state index contributed by atoms with van der Waals surface area (Å²) >= 11 is 3.34. The van der Waals surface area contributed by atoms with E-state index in [1.54, 1.807) is 0 Å². The van der Waals surface area contributed by atoms with E-state index >= 15 is 0 Å². The van der Waals surface area contributed by atoms with Crippen molar-refractivity contribution in [3.63, 3.8) is 0 Å². The summed E-state index contributed by atoms with van der Waals surface area (Å²) in [4.78, 5) is 9.02. The van der Waals surface area contributed by atoms with Crippen molar-refractivity contribution < 1.29 is 4.84 Å². The number of hydrogen-bond donors (Lipinski definition) is 0. The van der Waals surface area contributed by atoms with Crippen molar-refractivity contribution in [3.05, 3.63) is 29.6 Å². The van der Waals surface area contributed by atoms with Crippen LogP contribution in [0.15, 0.2) is 23.5 Å². The Bertz CT molecular complexity index is 308. The number of aromatic nitrogens is 1. The van der Waals surface area contributed by atoms with E-state index in [4.69, 9.17) is 4.84 Å². The highest BCUT2D eigenvalue weighted by atomic mass is 79.9. The summed E-state index contributed by atoms with van der Waals surface area (Å²) in [6.45, 7) is 2.10. The van der Waals surface area contributed by atoms with Gasteiger partial charge in [0.2, 0.25) is 0 Å². The second kappa shape index (κ2) is 5.75. The number of aryl methyl sites for hydroxylation is 1. The largest absolute Gasteiger partial charge is 0.399 e. The van der Waals surface area contributed by atoms with Crippen molar-refractivity contribution in [1.82, 2.24) is 4.98 Å². The Morgan fingerprint density at radius 2 is 2.36 bits per heavy atom. The fourth-order valence-corrected chi connectivity index (χ4v) is 1.44. The average Bonchev–Trinajstić information content (AvgIpc) is 2.26. The molecular formula is C10H13BrN2O. The van der Waals surface area contributed by atoms with E-state index in [0.29, 0.717) is 5.33 Å². The van der Waals surface area contributed by atoms with Crippen molar-refractivity contribution >= 4 is 21.6 Å². The van der Waals surface area contributed by atoms with E-state index in [1.165, 1.54) is 12.7 Å². The fourth-order valence-electron chi connectivity index (χ4n) is 1.05. The number of pyridine rings is 1. The Morgan fingerprint density at radius 3 is 2.79 bits per heavy atom. The van der Waals surface area contributed by atoms with Gasteiger partial charge in [0.15, 0.2) is 0 Å². The van der Waals surface area contributed by atoms with Crippen LogP contribution in [0.1, 0.15) is 18.2 Å². The predicted octanol–water partition coefficient (Wildman–Crippen LogP) is 2.39. The molecule has 0 radical (unpaired) electrons. The average molecular weight is 257 g/mol. The Labute approximate surface area is 92.3 Å². The highest BCUT2D eigenvalue weighted by molar-refractivity contribution is 9.09. The molecule has 0 aliphatic carbocycles. The molecule has 0 amide bonds. The molecule has 0 saturated carbocycles. The number of oxime groups is 1. The van der Waals surface area contributed by atoms with Crippen LogP contribution >= 0.6 is 15.9 Å². The molecule has 0 fully saturated rings. The fraction of sp³-hybridized carbons (Fsp3) is 0.400. The van der Waals surface area contributed by atoms with Crippen LogP contribution in [0, 0.1) is 0 Å². The molecule has 0 aliphatic rings. The molecule has 1 aromatic rings. The van der Waals surface area contributed by atoms with E-state index in [2.05, 4.69) is 39.1 Å². The minimum Gasteiger partial charge on any atom is -0.399 e. The van der Waals surface area contributed by atoms with Crippen LogP contribution in [-0.2, 0) is 11.3 Å². The number of alkyl halides is 1. The normalized spacial score (nSPS) is 11.5. The van der Waals surface area contributed by atoms with Crippen molar-refractivity contribution in [2.24, 2.45) is 5.16 Å². The number of rotatable bonds is 4. The molecule has 0 bridgehead atoms. The Balaban J connectivity index is 2.89. The topological polar surface area (TPSA) is 34.5 Å². The predicted molar refractivity (Wildman–Crippen MR) is 61.0 cm³/mol. The molecule has 0 saturated heterocycles. The standard InChI is InChI=1S/C10H13BrN2O/c1-3-8-4-5-9(12-7-8)10(6-11)13-14-2/h4-5,7H,3,6H2,1-2H3/b13-10-. The van der Waals surface area contributed by atoms with Gasteiger partial charge in [0.25, 0.3) is 0 Å². The Kier molecular flexibility index (Phi) is 4.59. The van der Waals surface area contributed by atoms with Crippen molar-refractivity contribution in [2.75, 3.05) is 12.4 Å². The zero-order valence-corrected chi connectivity index (χ0v) is 9.91.